The molecule has 5 rings (SSSR count). The van der Waals surface area contributed by atoms with Gasteiger partial charge >= 0.3 is 0 Å². The van der Waals surface area contributed by atoms with Gasteiger partial charge in [-0.2, -0.15) is 11.3 Å². The minimum atomic E-state index is 0.849. The molecule has 0 saturated heterocycles. The van der Waals surface area contributed by atoms with Crippen molar-refractivity contribution in [3.05, 3.63) is 75.7 Å². The minimum Gasteiger partial charge on any atom is -0.293 e. The van der Waals surface area contributed by atoms with Gasteiger partial charge in [-0.15, -0.1) is 11.3 Å². The third-order valence-corrected chi connectivity index (χ3v) is 6.31. The average Bonchev–Trinajstić information content (AvgIpc) is 3.42. The second kappa shape index (κ2) is 7.31. The Hall–Kier alpha value is -2.41. The summed E-state index contributed by atoms with van der Waals surface area (Å²) in [7, 11) is 0. The highest BCUT2D eigenvalue weighted by Crippen LogP contribution is 2.25. The van der Waals surface area contributed by atoms with E-state index in [2.05, 4.69) is 56.4 Å². The van der Waals surface area contributed by atoms with Crippen molar-refractivity contribution in [2.24, 2.45) is 0 Å². The van der Waals surface area contributed by atoms with Crippen molar-refractivity contribution in [2.45, 2.75) is 19.5 Å². The fourth-order valence-electron chi connectivity index (χ4n) is 3.40. The summed E-state index contributed by atoms with van der Waals surface area (Å²) in [5.41, 5.74) is 5.77. The highest BCUT2D eigenvalue weighted by Gasteiger charge is 2.19. The van der Waals surface area contributed by atoms with Crippen LogP contribution in [0.4, 0.5) is 0 Å². The first kappa shape index (κ1) is 16.7. The van der Waals surface area contributed by atoms with Crippen LogP contribution in [0.5, 0.6) is 0 Å². The van der Waals surface area contributed by atoms with Gasteiger partial charge in [0, 0.05) is 48.8 Å². The lowest BCUT2D eigenvalue weighted by atomic mass is 10.1. The van der Waals surface area contributed by atoms with E-state index in [4.69, 9.17) is 9.97 Å². The molecule has 1 aliphatic rings. The molecule has 4 nitrogen and oxygen atoms in total. The smallest absolute Gasteiger partial charge is 0.169 e. The van der Waals surface area contributed by atoms with Crippen molar-refractivity contribution in [1.82, 2.24) is 19.9 Å². The van der Waals surface area contributed by atoms with E-state index < -0.39 is 0 Å². The van der Waals surface area contributed by atoms with Gasteiger partial charge in [-0.3, -0.25) is 9.88 Å². The minimum absolute atomic E-state index is 0.849. The molecule has 0 saturated carbocycles. The third kappa shape index (κ3) is 3.56. The molecule has 0 amide bonds. The van der Waals surface area contributed by atoms with Crippen LogP contribution < -0.4 is 0 Å². The second-order valence-electron chi connectivity index (χ2n) is 6.63. The zero-order valence-corrected chi connectivity index (χ0v) is 16.3. The molecule has 27 heavy (non-hydrogen) atoms. The largest absolute Gasteiger partial charge is 0.293 e. The molecule has 0 radical (unpaired) electrons. The Labute approximate surface area is 166 Å². The average molecular weight is 391 g/mol. The molecule has 0 aromatic carbocycles. The van der Waals surface area contributed by atoms with Crippen molar-refractivity contribution in [1.29, 1.82) is 0 Å². The van der Waals surface area contributed by atoms with Gasteiger partial charge in [0.05, 0.1) is 22.0 Å². The van der Waals surface area contributed by atoms with Gasteiger partial charge < -0.3 is 0 Å². The van der Waals surface area contributed by atoms with Crippen LogP contribution in [0.15, 0.2) is 58.7 Å². The number of thiophene rings is 2. The second-order valence-corrected chi connectivity index (χ2v) is 8.36. The van der Waals surface area contributed by atoms with Crippen LogP contribution in [-0.4, -0.2) is 26.4 Å². The lowest BCUT2D eigenvalue weighted by Crippen LogP contribution is -2.31. The molecule has 0 fully saturated rings. The molecule has 0 spiro atoms. The van der Waals surface area contributed by atoms with Crippen molar-refractivity contribution in [2.75, 3.05) is 6.54 Å². The molecule has 0 N–H and O–H groups in total. The van der Waals surface area contributed by atoms with E-state index in [9.17, 15) is 0 Å². The van der Waals surface area contributed by atoms with Crippen molar-refractivity contribution >= 4 is 22.7 Å². The molecule has 6 heteroatoms. The summed E-state index contributed by atoms with van der Waals surface area (Å²) in [5, 5.41) is 6.30. The van der Waals surface area contributed by atoms with Crippen LogP contribution in [0.3, 0.4) is 0 Å². The summed E-state index contributed by atoms with van der Waals surface area (Å²) in [6.45, 7) is 2.73. The fraction of sp³-hybridized carbons (Fsp3) is 0.190. The number of rotatable bonds is 4. The van der Waals surface area contributed by atoms with E-state index in [0.29, 0.717) is 0 Å². The highest BCUT2D eigenvalue weighted by molar-refractivity contribution is 7.13. The summed E-state index contributed by atoms with van der Waals surface area (Å²) in [6.07, 6.45) is 2.96. The van der Waals surface area contributed by atoms with Gasteiger partial charge in [-0.1, -0.05) is 12.1 Å². The molecular weight excluding hydrogens is 372 g/mol. The summed E-state index contributed by atoms with van der Waals surface area (Å²) in [4.78, 5) is 17.8. The fourth-order valence-corrected chi connectivity index (χ4v) is 4.72. The first-order valence-corrected chi connectivity index (χ1v) is 10.8. The standard InChI is InChI=1S/C21H18N4S2/c1-3-17(23-18(4-1)15-7-10-26-14-15)13-25-8-6-19-16(12-25)11-22-21(24-19)20-5-2-9-27-20/h1-5,7,9-11,14H,6,8,12-13H2. The van der Waals surface area contributed by atoms with Crippen molar-refractivity contribution in [3.8, 4) is 22.0 Å². The normalized spacial score (nSPS) is 14.2. The molecule has 0 atom stereocenters. The molecule has 134 valence electrons. The van der Waals surface area contributed by atoms with E-state index >= 15 is 0 Å². The van der Waals surface area contributed by atoms with Crippen molar-refractivity contribution < 1.29 is 0 Å². The highest BCUT2D eigenvalue weighted by atomic mass is 32.1. The Bertz CT molecular complexity index is 1040. The van der Waals surface area contributed by atoms with Gasteiger partial charge in [0.1, 0.15) is 0 Å². The predicted molar refractivity (Wildman–Crippen MR) is 111 cm³/mol. The van der Waals surface area contributed by atoms with Gasteiger partial charge in [-0.25, -0.2) is 9.97 Å². The van der Waals surface area contributed by atoms with Gasteiger partial charge in [0.2, 0.25) is 0 Å². The summed E-state index contributed by atoms with van der Waals surface area (Å²) >= 11 is 3.39. The Balaban J connectivity index is 1.32. The van der Waals surface area contributed by atoms with E-state index in [1.54, 1.807) is 22.7 Å². The number of fused-ring (bicyclic) bond motifs is 1. The predicted octanol–water partition coefficient (Wildman–Crippen LogP) is 4.89. The number of hydrogen-bond donors (Lipinski definition) is 0. The Morgan fingerprint density at radius 1 is 1.04 bits per heavy atom. The lowest BCUT2D eigenvalue weighted by molar-refractivity contribution is 0.240. The summed E-state index contributed by atoms with van der Waals surface area (Å²) in [5.74, 6) is 0.849. The first-order valence-electron chi connectivity index (χ1n) is 8.95. The molecule has 0 unspecified atom stereocenters. The zero-order valence-electron chi connectivity index (χ0n) is 14.7. The van der Waals surface area contributed by atoms with Crippen LogP contribution in [0.25, 0.3) is 22.0 Å². The van der Waals surface area contributed by atoms with E-state index in [1.165, 1.54) is 16.8 Å². The van der Waals surface area contributed by atoms with Gasteiger partial charge in [0.15, 0.2) is 5.82 Å². The Morgan fingerprint density at radius 2 is 2.04 bits per heavy atom. The van der Waals surface area contributed by atoms with E-state index in [-0.39, 0.29) is 0 Å². The third-order valence-electron chi connectivity index (χ3n) is 4.76. The molecule has 4 aromatic rings. The number of hydrogen-bond acceptors (Lipinski definition) is 6. The number of aromatic nitrogens is 3. The zero-order chi connectivity index (χ0) is 18.1. The number of pyridine rings is 1. The van der Waals surface area contributed by atoms with Crippen LogP contribution in [0.2, 0.25) is 0 Å². The summed E-state index contributed by atoms with van der Waals surface area (Å²) in [6, 6.07) is 12.5. The van der Waals surface area contributed by atoms with E-state index in [1.807, 2.05) is 12.3 Å². The lowest BCUT2D eigenvalue weighted by Gasteiger charge is -2.27. The van der Waals surface area contributed by atoms with Crippen LogP contribution >= 0.6 is 22.7 Å². The molecule has 5 heterocycles. The SMILES string of the molecule is c1cc(CN2CCc3nc(-c4cccs4)ncc3C2)nc(-c2ccsc2)c1. The molecule has 0 bridgehead atoms. The molecule has 0 aliphatic carbocycles. The van der Waals surface area contributed by atoms with Crippen LogP contribution in [0.1, 0.15) is 17.0 Å². The van der Waals surface area contributed by atoms with Crippen LogP contribution in [0, 0.1) is 0 Å². The monoisotopic (exact) mass is 390 g/mol. The Morgan fingerprint density at radius 3 is 2.89 bits per heavy atom. The molecule has 4 aromatic heterocycles. The van der Waals surface area contributed by atoms with Crippen molar-refractivity contribution in [3.63, 3.8) is 0 Å². The first-order chi connectivity index (χ1) is 13.3. The molecular formula is C21H18N4S2. The Kier molecular flexibility index (Phi) is 4.53. The summed E-state index contributed by atoms with van der Waals surface area (Å²) < 4.78 is 0. The van der Waals surface area contributed by atoms with Gasteiger partial charge in [-0.05, 0) is 35.0 Å². The van der Waals surface area contributed by atoms with Gasteiger partial charge in [0.25, 0.3) is 0 Å². The quantitative estimate of drug-likeness (QED) is 0.498. The maximum Gasteiger partial charge on any atom is 0.169 e. The maximum absolute atomic E-state index is 4.85. The van der Waals surface area contributed by atoms with E-state index in [0.717, 1.165) is 48.1 Å². The topological polar surface area (TPSA) is 41.9 Å². The number of nitrogens with zero attached hydrogens (tertiary/aromatic N) is 4. The van der Waals surface area contributed by atoms with Crippen LogP contribution in [-0.2, 0) is 19.5 Å². The molecule has 1 aliphatic heterocycles. The maximum atomic E-state index is 4.85.